The van der Waals surface area contributed by atoms with E-state index in [9.17, 15) is 4.79 Å². The molecule has 0 aromatic carbocycles. The van der Waals surface area contributed by atoms with E-state index in [1.54, 1.807) is 0 Å². The third kappa shape index (κ3) is 2.68. The molecule has 15 heavy (non-hydrogen) atoms. The van der Waals surface area contributed by atoms with Crippen molar-refractivity contribution >= 4 is 18.1 Å². The number of aromatic amines is 1. The molecule has 5 heteroatoms. The Hall–Kier alpha value is -1.10. The summed E-state index contributed by atoms with van der Waals surface area (Å²) in [4.78, 5) is 14.4. The van der Waals surface area contributed by atoms with Crippen LogP contribution in [0.2, 0.25) is 0 Å². The van der Waals surface area contributed by atoms with Gasteiger partial charge in [0, 0.05) is 30.9 Å². The van der Waals surface area contributed by atoms with Crippen molar-refractivity contribution in [3.63, 3.8) is 0 Å². The molecule has 1 aliphatic rings. The zero-order valence-corrected chi connectivity index (χ0v) is 9.56. The van der Waals surface area contributed by atoms with Gasteiger partial charge in [0.1, 0.15) is 0 Å². The number of hydrogen-bond donors (Lipinski definition) is 2. The van der Waals surface area contributed by atoms with Crippen LogP contribution in [-0.2, 0) is 11.3 Å². The molecule has 0 aliphatic heterocycles. The molecule has 1 saturated carbocycles. The van der Waals surface area contributed by atoms with Gasteiger partial charge in [0.2, 0.25) is 5.91 Å². The highest BCUT2D eigenvalue weighted by Gasteiger charge is 2.28. The maximum atomic E-state index is 11.3. The van der Waals surface area contributed by atoms with Gasteiger partial charge in [-0.2, -0.15) is 0 Å². The number of aryl methyl sites for hydroxylation is 1. The Morgan fingerprint density at radius 2 is 2.47 bits per heavy atom. The highest BCUT2D eigenvalue weighted by atomic mass is 32.1. The van der Waals surface area contributed by atoms with Crippen molar-refractivity contribution in [1.82, 2.24) is 14.9 Å². The van der Waals surface area contributed by atoms with E-state index in [1.165, 1.54) is 0 Å². The zero-order chi connectivity index (χ0) is 10.8. The first-order valence-corrected chi connectivity index (χ1v) is 5.61. The number of carbonyl (C=O) groups is 1. The van der Waals surface area contributed by atoms with Crippen LogP contribution in [0.5, 0.6) is 0 Å². The van der Waals surface area contributed by atoms with Crippen LogP contribution in [0, 0.1) is 17.6 Å². The summed E-state index contributed by atoms with van der Waals surface area (Å²) in [6.07, 6.45) is 4.06. The molecule has 1 fully saturated rings. The number of nitrogens with zero attached hydrogens (tertiary/aromatic N) is 1. The maximum Gasteiger partial charge on any atom is 0.223 e. The van der Waals surface area contributed by atoms with Crippen LogP contribution >= 0.6 is 12.2 Å². The van der Waals surface area contributed by atoms with Gasteiger partial charge in [-0.3, -0.25) is 4.79 Å². The number of H-pyrrole nitrogens is 1. The summed E-state index contributed by atoms with van der Waals surface area (Å²) in [6.45, 7) is 3.36. The average molecular weight is 225 g/mol. The molecular weight excluding hydrogens is 210 g/mol. The summed E-state index contributed by atoms with van der Waals surface area (Å²) >= 11 is 5.11. The number of aromatic nitrogens is 2. The zero-order valence-electron chi connectivity index (χ0n) is 8.75. The predicted octanol–water partition coefficient (Wildman–Crippen LogP) is 1.38. The van der Waals surface area contributed by atoms with Crippen molar-refractivity contribution in [2.24, 2.45) is 5.92 Å². The van der Waals surface area contributed by atoms with Crippen LogP contribution in [-0.4, -0.2) is 22.0 Å². The van der Waals surface area contributed by atoms with Crippen molar-refractivity contribution in [3.8, 4) is 0 Å². The minimum Gasteiger partial charge on any atom is -0.354 e. The van der Waals surface area contributed by atoms with Gasteiger partial charge in [-0.05, 0) is 32.0 Å². The lowest BCUT2D eigenvalue weighted by molar-refractivity contribution is -0.122. The largest absolute Gasteiger partial charge is 0.354 e. The summed E-state index contributed by atoms with van der Waals surface area (Å²) in [5.41, 5.74) is 1.05. The molecule has 0 radical (unpaired) electrons. The average Bonchev–Trinajstić information content (AvgIpc) is 2.94. The Bertz CT molecular complexity index is 417. The van der Waals surface area contributed by atoms with Gasteiger partial charge in [-0.1, -0.05) is 0 Å². The molecule has 1 aliphatic carbocycles. The molecule has 1 aromatic heterocycles. The van der Waals surface area contributed by atoms with Crippen LogP contribution in [0.25, 0.3) is 0 Å². The summed E-state index contributed by atoms with van der Waals surface area (Å²) in [5.74, 6) is 0.472. The predicted molar refractivity (Wildman–Crippen MR) is 60.1 cm³/mol. The number of nitrogens with one attached hydrogen (secondary N) is 2. The number of imidazole rings is 1. The fourth-order valence-corrected chi connectivity index (χ4v) is 1.83. The molecule has 0 spiro atoms. The van der Waals surface area contributed by atoms with Crippen molar-refractivity contribution in [2.75, 3.05) is 6.54 Å². The van der Waals surface area contributed by atoms with E-state index in [1.807, 2.05) is 17.7 Å². The fraction of sp³-hybridized carbons (Fsp3) is 0.600. The van der Waals surface area contributed by atoms with E-state index in [4.69, 9.17) is 12.2 Å². The van der Waals surface area contributed by atoms with Gasteiger partial charge < -0.3 is 14.9 Å². The van der Waals surface area contributed by atoms with Crippen LogP contribution in [0.15, 0.2) is 6.20 Å². The van der Waals surface area contributed by atoms with Gasteiger partial charge in [0.05, 0.1) is 0 Å². The van der Waals surface area contributed by atoms with Gasteiger partial charge >= 0.3 is 0 Å². The molecule has 0 bridgehead atoms. The van der Waals surface area contributed by atoms with Crippen molar-refractivity contribution in [1.29, 1.82) is 0 Å². The fourth-order valence-electron chi connectivity index (χ4n) is 1.52. The lowest BCUT2D eigenvalue weighted by atomic mass is 10.4. The van der Waals surface area contributed by atoms with Gasteiger partial charge in [-0.15, -0.1) is 0 Å². The van der Waals surface area contributed by atoms with Gasteiger partial charge in [0.15, 0.2) is 4.77 Å². The highest BCUT2D eigenvalue weighted by molar-refractivity contribution is 7.71. The topological polar surface area (TPSA) is 49.8 Å². The Labute approximate surface area is 93.7 Å². The molecule has 82 valence electrons. The second-order valence-corrected chi connectivity index (χ2v) is 4.39. The van der Waals surface area contributed by atoms with E-state index in [2.05, 4.69) is 10.3 Å². The van der Waals surface area contributed by atoms with Crippen LogP contribution < -0.4 is 5.32 Å². The summed E-state index contributed by atoms with van der Waals surface area (Å²) in [5, 5.41) is 2.91. The normalized spacial score (nSPS) is 15.3. The van der Waals surface area contributed by atoms with E-state index >= 15 is 0 Å². The maximum absolute atomic E-state index is 11.3. The second-order valence-electron chi connectivity index (χ2n) is 4.00. The van der Waals surface area contributed by atoms with E-state index in [0.717, 1.165) is 25.1 Å². The Morgan fingerprint density at radius 3 is 3.00 bits per heavy atom. The van der Waals surface area contributed by atoms with Gasteiger partial charge in [0.25, 0.3) is 0 Å². The molecule has 1 aromatic rings. The Kier molecular flexibility index (Phi) is 2.90. The lowest BCUT2D eigenvalue weighted by Gasteiger charge is -2.04. The monoisotopic (exact) mass is 225 g/mol. The van der Waals surface area contributed by atoms with Crippen LogP contribution in [0.3, 0.4) is 0 Å². The third-order valence-electron chi connectivity index (χ3n) is 2.51. The Morgan fingerprint density at radius 1 is 1.73 bits per heavy atom. The smallest absolute Gasteiger partial charge is 0.223 e. The number of rotatable bonds is 4. The Balaban J connectivity index is 1.80. The lowest BCUT2D eigenvalue weighted by Crippen LogP contribution is -2.28. The molecular formula is C10H15N3OS. The van der Waals surface area contributed by atoms with Crippen molar-refractivity contribution < 1.29 is 4.79 Å². The van der Waals surface area contributed by atoms with E-state index in [0.29, 0.717) is 11.3 Å². The first-order valence-electron chi connectivity index (χ1n) is 5.20. The number of amides is 1. The minimum absolute atomic E-state index is 0.189. The van der Waals surface area contributed by atoms with Crippen molar-refractivity contribution in [3.05, 3.63) is 16.7 Å². The summed E-state index contributed by atoms with van der Waals surface area (Å²) < 4.78 is 2.66. The highest BCUT2D eigenvalue weighted by Crippen LogP contribution is 2.28. The molecule has 0 saturated heterocycles. The quantitative estimate of drug-likeness (QED) is 0.761. The minimum atomic E-state index is 0.189. The van der Waals surface area contributed by atoms with Gasteiger partial charge in [-0.25, -0.2) is 0 Å². The third-order valence-corrected chi connectivity index (χ3v) is 2.85. The first kappa shape index (κ1) is 10.4. The standard InChI is InChI=1S/C10H15N3OS/c1-7-6-13(10(15)12-7)5-4-11-9(14)8-2-3-8/h6,8H,2-5H2,1H3,(H,11,14)(H,12,15). The van der Waals surface area contributed by atoms with Crippen LogP contribution in [0.1, 0.15) is 18.5 Å². The molecule has 1 amide bonds. The molecule has 2 rings (SSSR count). The molecule has 4 nitrogen and oxygen atoms in total. The van der Waals surface area contributed by atoms with Crippen LogP contribution in [0.4, 0.5) is 0 Å². The summed E-state index contributed by atoms with van der Waals surface area (Å²) in [6, 6.07) is 0. The summed E-state index contributed by atoms with van der Waals surface area (Å²) in [7, 11) is 0. The molecule has 2 N–H and O–H groups in total. The second kappa shape index (κ2) is 4.18. The first-order chi connectivity index (χ1) is 7.16. The number of carbonyl (C=O) groups excluding carboxylic acids is 1. The van der Waals surface area contributed by atoms with E-state index < -0.39 is 0 Å². The molecule has 0 unspecified atom stereocenters. The molecule has 0 atom stereocenters. The van der Waals surface area contributed by atoms with E-state index in [-0.39, 0.29) is 11.8 Å². The SMILES string of the molecule is Cc1cn(CCNC(=O)C2CC2)c(=S)[nH]1. The molecule has 1 heterocycles. The number of hydrogen-bond acceptors (Lipinski definition) is 2. The van der Waals surface area contributed by atoms with Crippen molar-refractivity contribution in [2.45, 2.75) is 26.3 Å².